The van der Waals surface area contributed by atoms with Gasteiger partial charge in [-0.3, -0.25) is 4.90 Å². The molecule has 0 aromatic carbocycles. The van der Waals surface area contributed by atoms with Crippen LogP contribution in [0.15, 0.2) is 11.6 Å². The van der Waals surface area contributed by atoms with Gasteiger partial charge in [0.2, 0.25) is 0 Å². The van der Waals surface area contributed by atoms with Crippen molar-refractivity contribution >= 4 is 0 Å². The summed E-state index contributed by atoms with van der Waals surface area (Å²) in [5.41, 5.74) is 7.32. The Bertz CT molecular complexity index is 221. The minimum Gasteiger partial charge on any atom is -0.328 e. The molecule has 1 heterocycles. The highest BCUT2D eigenvalue weighted by Gasteiger charge is 2.12. The summed E-state index contributed by atoms with van der Waals surface area (Å²) in [6, 6.07) is 0.368. The lowest BCUT2D eigenvalue weighted by Crippen LogP contribution is -2.32. The van der Waals surface area contributed by atoms with E-state index >= 15 is 0 Å². The molecule has 0 spiro atoms. The number of nitrogens with two attached hydrogens (primary N) is 1. The first-order chi connectivity index (χ1) is 7.58. The molecule has 0 saturated carbocycles. The van der Waals surface area contributed by atoms with E-state index in [1.807, 2.05) is 0 Å². The van der Waals surface area contributed by atoms with Gasteiger partial charge in [-0.1, -0.05) is 25.0 Å². The van der Waals surface area contributed by atoms with E-state index in [-0.39, 0.29) is 0 Å². The quantitative estimate of drug-likeness (QED) is 0.703. The number of hydrogen-bond acceptors (Lipinski definition) is 2. The molecule has 1 aliphatic rings. The van der Waals surface area contributed by atoms with E-state index < -0.39 is 0 Å². The van der Waals surface area contributed by atoms with Crippen LogP contribution in [-0.2, 0) is 0 Å². The van der Waals surface area contributed by atoms with Crippen molar-refractivity contribution in [2.45, 2.75) is 52.5 Å². The average molecular weight is 224 g/mol. The Labute approximate surface area is 101 Å². The summed E-state index contributed by atoms with van der Waals surface area (Å²) in [6.45, 7) is 10.4. The van der Waals surface area contributed by atoms with Crippen LogP contribution in [-0.4, -0.2) is 30.6 Å². The molecule has 1 rings (SSSR count). The summed E-state index contributed by atoms with van der Waals surface area (Å²) < 4.78 is 0. The normalized spacial score (nSPS) is 21.6. The van der Waals surface area contributed by atoms with Crippen molar-refractivity contribution in [1.82, 2.24) is 4.90 Å². The highest BCUT2D eigenvalue weighted by molar-refractivity contribution is 5.03. The smallest absolute Gasteiger partial charge is 0.0165 e. The predicted molar refractivity (Wildman–Crippen MR) is 71.5 cm³/mol. The fourth-order valence-corrected chi connectivity index (χ4v) is 2.30. The van der Waals surface area contributed by atoms with E-state index in [1.54, 1.807) is 5.57 Å². The SMILES string of the molecule is CC1=CCN(CC(C)CCCC(C)N)CC1. The predicted octanol–water partition coefficient (Wildman–Crippen LogP) is 2.79. The van der Waals surface area contributed by atoms with Crippen LogP contribution in [0.5, 0.6) is 0 Å². The van der Waals surface area contributed by atoms with Gasteiger partial charge in [0.05, 0.1) is 0 Å². The molecule has 0 radical (unpaired) electrons. The third-order valence-corrected chi connectivity index (χ3v) is 3.45. The van der Waals surface area contributed by atoms with Crippen molar-refractivity contribution < 1.29 is 0 Å². The van der Waals surface area contributed by atoms with Crippen molar-refractivity contribution in [2.24, 2.45) is 11.7 Å². The highest BCUT2D eigenvalue weighted by Crippen LogP contribution is 2.15. The monoisotopic (exact) mass is 224 g/mol. The number of rotatable bonds is 6. The van der Waals surface area contributed by atoms with Crippen molar-refractivity contribution in [3.05, 3.63) is 11.6 Å². The molecule has 2 N–H and O–H groups in total. The van der Waals surface area contributed by atoms with E-state index in [2.05, 4.69) is 31.7 Å². The average Bonchev–Trinajstić information content (AvgIpc) is 2.21. The van der Waals surface area contributed by atoms with Gasteiger partial charge >= 0.3 is 0 Å². The topological polar surface area (TPSA) is 29.3 Å². The molecule has 16 heavy (non-hydrogen) atoms. The molecule has 0 amide bonds. The lowest BCUT2D eigenvalue weighted by atomic mass is 10.0. The van der Waals surface area contributed by atoms with Crippen LogP contribution in [0.1, 0.15) is 46.5 Å². The van der Waals surface area contributed by atoms with Gasteiger partial charge in [0.1, 0.15) is 0 Å². The third-order valence-electron chi connectivity index (χ3n) is 3.45. The fraction of sp³-hybridized carbons (Fsp3) is 0.857. The zero-order valence-electron chi connectivity index (χ0n) is 11.2. The molecule has 0 aliphatic carbocycles. The van der Waals surface area contributed by atoms with Gasteiger partial charge in [-0.25, -0.2) is 0 Å². The highest BCUT2D eigenvalue weighted by atomic mass is 15.1. The molecule has 0 saturated heterocycles. The van der Waals surface area contributed by atoms with Crippen LogP contribution in [0.4, 0.5) is 0 Å². The second kappa shape index (κ2) is 7.08. The van der Waals surface area contributed by atoms with E-state index in [1.165, 1.54) is 38.8 Å². The summed E-state index contributed by atoms with van der Waals surface area (Å²) in [4.78, 5) is 2.57. The maximum absolute atomic E-state index is 5.76. The van der Waals surface area contributed by atoms with E-state index in [4.69, 9.17) is 5.73 Å². The van der Waals surface area contributed by atoms with E-state index in [0.29, 0.717) is 6.04 Å². The van der Waals surface area contributed by atoms with Crippen LogP contribution in [0.3, 0.4) is 0 Å². The van der Waals surface area contributed by atoms with Crippen LogP contribution in [0.25, 0.3) is 0 Å². The van der Waals surface area contributed by atoms with E-state index in [9.17, 15) is 0 Å². The summed E-state index contributed by atoms with van der Waals surface area (Å²) in [5, 5.41) is 0. The largest absolute Gasteiger partial charge is 0.328 e. The Balaban J connectivity index is 2.12. The molecule has 0 aromatic rings. The standard InChI is InChI=1S/C14H28N2/c1-12-7-9-16(10-8-12)11-13(2)5-4-6-14(3)15/h7,13-14H,4-6,8-11,15H2,1-3H3. The summed E-state index contributed by atoms with van der Waals surface area (Å²) in [6.07, 6.45) is 7.40. The molecule has 2 heteroatoms. The van der Waals surface area contributed by atoms with Crippen LogP contribution in [0, 0.1) is 5.92 Å². The van der Waals surface area contributed by atoms with Crippen LogP contribution >= 0.6 is 0 Å². The maximum Gasteiger partial charge on any atom is 0.0165 e. The first kappa shape index (κ1) is 13.7. The first-order valence-electron chi connectivity index (χ1n) is 6.71. The molecule has 2 atom stereocenters. The Kier molecular flexibility index (Phi) is 6.07. The van der Waals surface area contributed by atoms with Crippen molar-refractivity contribution in [3.8, 4) is 0 Å². The second-order valence-electron chi connectivity index (χ2n) is 5.57. The Morgan fingerprint density at radius 2 is 2.12 bits per heavy atom. The molecule has 1 aliphatic heterocycles. The molecule has 2 unspecified atom stereocenters. The summed E-state index contributed by atoms with van der Waals surface area (Å²) in [5.74, 6) is 0.811. The molecule has 94 valence electrons. The zero-order valence-corrected chi connectivity index (χ0v) is 11.2. The van der Waals surface area contributed by atoms with E-state index in [0.717, 1.165) is 12.5 Å². The Morgan fingerprint density at radius 3 is 2.69 bits per heavy atom. The summed E-state index contributed by atoms with van der Waals surface area (Å²) in [7, 11) is 0. The van der Waals surface area contributed by atoms with Crippen molar-refractivity contribution in [1.29, 1.82) is 0 Å². The van der Waals surface area contributed by atoms with Crippen molar-refractivity contribution in [2.75, 3.05) is 19.6 Å². The van der Waals surface area contributed by atoms with Gasteiger partial charge in [0.15, 0.2) is 0 Å². The summed E-state index contributed by atoms with van der Waals surface area (Å²) >= 11 is 0. The minimum absolute atomic E-state index is 0.368. The van der Waals surface area contributed by atoms with Gasteiger partial charge in [-0.05, 0) is 39.0 Å². The maximum atomic E-state index is 5.76. The Hall–Kier alpha value is -0.340. The molecule has 2 nitrogen and oxygen atoms in total. The van der Waals surface area contributed by atoms with Gasteiger partial charge in [-0.15, -0.1) is 0 Å². The van der Waals surface area contributed by atoms with Crippen molar-refractivity contribution in [3.63, 3.8) is 0 Å². The minimum atomic E-state index is 0.368. The number of hydrogen-bond donors (Lipinski definition) is 1. The molecular formula is C14H28N2. The molecule has 0 bridgehead atoms. The second-order valence-corrected chi connectivity index (χ2v) is 5.57. The van der Waals surface area contributed by atoms with Crippen LogP contribution in [0.2, 0.25) is 0 Å². The van der Waals surface area contributed by atoms with Gasteiger partial charge in [0, 0.05) is 25.7 Å². The van der Waals surface area contributed by atoms with Gasteiger partial charge in [0.25, 0.3) is 0 Å². The first-order valence-corrected chi connectivity index (χ1v) is 6.71. The fourth-order valence-electron chi connectivity index (χ4n) is 2.30. The molecule has 0 fully saturated rings. The zero-order chi connectivity index (χ0) is 12.0. The molecule has 0 aromatic heterocycles. The lowest BCUT2D eigenvalue weighted by Gasteiger charge is -2.28. The van der Waals surface area contributed by atoms with Gasteiger partial charge < -0.3 is 5.73 Å². The number of nitrogens with zero attached hydrogens (tertiary/aromatic N) is 1. The third kappa shape index (κ3) is 5.66. The molecular weight excluding hydrogens is 196 g/mol. The van der Waals surface area contributed by atoms with Crippen LogP contribution < -0.4 is 5.73 Å². The van der Waals surface area contributed by atoms with Gasteiger partial charge in [-0.2, -0.15) is 0 Å². The Morgan fingerprint density at radius 1 is 1.38 bits per heavy atom. The lowest BCUT2D eigenvalue weighted by molar-refractivity contribution is 0.244.